The highest BCUT2D eigenvalue weighted by Gasteiger charge is 2.30. The molecule has 0 fully saturated rings. The lowest BCUT2D eigenvalue weighted by atomic mass is 9.92. The van der Waals surface area contributed by atoms with Gasteiger partial charge in [0.2, 0.25) is 0 Å². The van der Waals surface area contributed by atoms with Gasteiger partial charge in [-0.25, -0.2) is 4.79 Å². The summed E-state index contributed by atoms with van der Waals surface area (Å²) in [6, 6.07) is 12.2. The molecule has 0 aliphatic carbocycles. The van der Waals surface area contributed by atoms with Crippen molar-refractivity contribution in [2.45, 2.75) is 32.6 Å². The summed E-state index contributed by atoms with van der Waals surface area (Å²) in [4.78, 5) is 26.2. The number of aliphatic carboxylic acids is 1. The molecule has 3 aromatic rings. The van der Waals surface area contributed by atoms with E-state index in [9.17, 15) is 27.9 Å². The lowest BCUT2D eigenvalue weighted by molar-refractivity contribution is -0.138. The molecule has 0 heterocycles. The molecule has 3 rings (SSSR count). The summed E-state index contributed by atoms with van der Waals surface area (Å²) >= 11 is 12.0. The van der Waals surface area contributed by atoms with E-state index in [1.165, 1.54) is 24.1 Å². The number of carboxylic acid groups (broad SMARTS) is 1. The van der Waals surface area contributed by atoms with Crippen LogP contribution in [0.2, 0.25) is 10.0 Å². The fourth-order valence-electron chi connectivity index (χ4n) is 3.95. The number of benzene rings is 3. The molecule has 3 aromatic carbocycles. The minimum atomic E-state index is -4.51. The molecule has 2 N–H and O–H groups in total. The Balaban J connectivity index is 1.99. The predicted molar refractivity (Wildman–Crippen MR) is 140 cm³/mol. The van der Waals surface area contributed by atoms with Gasteiger partial charge in [0.25, 0.3) is 0 Å². The van der Waals surface area contributed by atoms with Gasteiger partial charge in [-0.05, 0) is 59.5 Å². The number of carbonyl (C=O) groups excluding carboxylic acids is 1. The molecule has 0 atom stereocenters. The Bertz CT molecular complexity index is 1310. The summed E-state index contributed by atoms with van der Waals surface area (Å²) in [6.07, 6.45) is -4.86. The lowest BCUT2D eigenvalue weighted by Gasteiger charge is -2.26. The predicted octanol–water partition coefficient (Wildman–Crippen LogP) is 7.05. The molecule has 38 heavy (non-hydrogen) atoms. The number of nitrogens with one attached hydrogen (secondary N) is 1. The Labute approximate surface area is 227 Å². The van der Waals surface area contributed by atoms with Gasteiger partial charge in [-0.15, -0.1) is 0 Å². The fourth-order valence-corrected chi connectivity index (χ4v) is 4.27. The summed E-state index contributed by atoms with van der Waals surface area (Å²) in [7, 11) is 1.41. The van der Waals surface area contributed by atoms with Gasteiger partial charge >= 0.3 is 18.2 Å². The van der Waals surface area contributed by atoms with Crippen molar-refractivity contribution in [3.05, 3.63) is 86.9 Å². The fraction of sp³-hybridized carbons (Fsp3) is 0.259. The van der Waals surface area contributed by atoms with Crippen LogP contribution in [-0.2, 0) is 30.5 Å². The van der Waals surface area contributed by atoms with Gasteiger partial charge in [-0.1, -0.05) is 47.5 Å². The first kappa shape index (κ1) is 29.1. The van der Waals surface area contributed by atoms with Crippen LogP contribution < -0.4 is 10.1 Å². The zero-order chi connectivity index (χ0) is 28.0. The Hall–Kier alpha value is -3.43. The van der Waals surface area contributed by atoms with Gasteiger partial charge in [0.15, 0.2) is 0 Å². The number of carboxylic acids is 1. The number of carbonyl (C=O) groups is 2. The van der Waals surface area contributed by atoms with E-state index in [0.717, 1.165) is 17.7 Å². The molecule has 0 aromatic heterocycles. The number of alkyl halides is 3. The van der Waals surface area contributed by atoms with Crippen LogP contribution in [0.15, 0.2) is 54.6 Å². The Morgan fingerprint density at radius 1 is 1.03 bits per heavy atom. The van der Waals surface area contributed by atoms with Gasteiger partial charge in [0.1, 0.15) is 5.75 Å². The number of urea groups is 1. The minimum Gasteiger partial charge on any atom is -0.496 e. The van der Waals surface area contributed by atoms with Crippen molar-refractivity contribution in [1.29, 1.82) is 0 Å². The molecular formula is C27H25Cl2F3N2O4. The van der Waals surface area contributed by atoms with Crippen molar-refractivity contribution in [2.75, 3.05) is 13.7 Å². The number of rotatable bonds is 9. The minimum absolute atomic E-state index is 0.0140. The Morgan fingerprint density at radius 3 is 2.26 bits per heavy atom. The van der Waals surface area contributed by atoms with E-state index >= 15 is 0 Å². The van der Waals surface area contributed by atoms with Crippen molar-refractivity contribution < 1.29 is 32.6 Å². The van der Waals surface area contributed by atoms with Crippen LogP contribution >= 0.6 is 23.2 Å². The molecule has 202 valence electrons. The van der Waals surface area contributed by atoms with Crippen LogP contribution in [0, 0.1) is 0 Å². The summed E-state index contributed by atoms with van der Waals surface area (Å²) in [6.45, 7) is 2.18. The number of halogens is 5. The summed E-state index contributed by atoms with van der Waals surface area (Å²) in [5.74, 6) is -0.761. The number of hydrogen-bond donors (Lipinski definition) is 2. The Morgan fingerprint density at radius 2 is 1.71 bits per heavy atom. The molecule has 0 unspecified atom stereocenters. The van der Waals surface area contributed by atoms with Gasteiger partial charge in [-0.3, -0.25) is 4.79 Å². The topological polar surface area (TPSA) is 78.9 Å². The molecule has 11 heteroatoms. The molecule has 0 aliphatic rings. The standard InChI is InChI=1S/C27H25Cl2F3N2O4/c1-3-34(26(37)33-14-16-4-10-21(28)22(29)12-16)15-20-18(13-24(35)36)7-11-23(38-2)25(20)17-5-8-19(9-6-17)27(30,31)32/h4-12H,3,13-15H2,1-2H3,(H,33,37)(H,35,36). The maximum atomic E-state index is 13.1. The van der Waals surface area contributed by atoms with Crippen LogP contribution in [0.1, 0.15) is 29.2 Å². The second-order valence-electron chi connectivity index (χ2n) is 8.35. The van der Waals surface area contributed by atoms with Crippen molar-refractivity contribution >= 4 is 35.2 Å². The molecule has 2 amide bonds. The van der Waals surface area contributed by atoms with E-state index in [4.69, 9.17) is 27.9 Å². The Kier molecular flexibility index (Phi) is 9.51. The third kappa shape index (κ3) is 7.11. The first-order valence-corrected chi connectivity index (χ1v) is 12.2. The monoisotopic (exact) mass is 568 g/mol. The van der Waals surface area contributed by atoms with Crippen molar-refractivity contribution in [2.24, 2.45) is 0 Å². The highest BCUT2D eigenvalue weighted by Crippen LogP contribution is 2.38. The highest BCUT2D eigenvalue weighted by molar-refractivity contribution is 6.42. The average Bonchev–Trinajstić information content (AvgIpc) is 2.87. The van der Waals surface area contributed by atoms with Crippen LogP contribution in [0.4, 0.5) is 18.0 Å². The molecule has 0 radical (unpaired) electrons. The number of methoxy groups -OCH3 is 1. The second kappa shape index (κ2) is 12.4. The van der Waals surface area contributed by atoms with Crippen LogP contribution in [0.25, 0.3) is 11.1 Å². The maximum Gasteiger partial charge on any atom is 0.416 e. The first-order valence-electron chi connectivity index (χ1n) is 11.5. The smallest absolute Gasteiger partial charge is 0.416 e. The normalized spacial score (nSPS) is 11.2. The number of amides is 2. The second-order valence-corrected chi connectivity index (χ2v) is 9.16. The molecule has 0 bridgehead atoms. The van der Waals surface area contributed by atoms with E-state index in [2.05, 4.69) is 5.32 Å². The quantitative estimate of drug-likeness (QED) is 0.290. The molecule has 0 spiro atoms. The van der Waals surface area contributed by atoms with Crippen LogP contribution in [-0.4, -0.2) is 35.7 Å². The largest absolute Gasteiger partial charge is 0.496 e. The average molecular weight is 569 g/mol. The van der Waals surface area contributed by atoms with E-state index in [1.807, 2.05) is 0 Å². The van der Waals surface area contributed by atoms with Crippen molar-refractivity contribution in [3.8, 4) is 16.9 Å². The van der Waals surface area contributed by atoms with E-state index < -0.39 is 23.7 Å². The maximum absolute atomic E-state index is 13.1. The lowest BCUT2D eigenvalue weighted by Crippen LogP contribution is -2.39. The van der Waals surface area contributed by atoms with E-state index in [0.29, 0.717) is 38.0 Å². The molecular weight excluding hydrogens is 544 g/mol. The third-order valence-corrected chi connectivity index (χ3v) is 6.62. The molecule has 0 saturated carbocycles. The van der Waals surface area contributed by atoms with Gasteiger partial charge in [0.05, 0.1) is 29.1 Å². The summed E-state index contributed by atoms with van der Waals surface area (Å²) in [5, 5.41) is 13.0. The van der Waals surface area contributed by atoms with Gasteiger partial charge in [-0.2, -0.15) is 13.2 Å². The summed E-state index contributed by atoms with van der Waals surface area (Å²) < 4.78 is 44.9. The SMILES string of the molecule is CCN(Cc1c(CC(=O)O)ccc(OC)c1-c1ccc(C(F)(F)F)cc1)C(=O)NCc1ccc(Cl)c(Cl)c1. The van der Waals surface area contributed by atoms with Crippen LogP contribution in [0.3, 0.4) is 0 Å². The molecule has 6 nitrogen and oxygen atoms in total. The van der Waals surface area contributed by atoms with Gasteiger partial charge in [0, 0.05) is 25.2 Å². The van der Waals surface area contributed by atoms with E-state index in [1.54, 1.807) is 37.3 Å². The van der Waals surface area contributed by atoms with E-state index in [-0.39, 0.29) is 26.1 Å². The molecule has 0 saturated heterocycles. The van der Waals surface area contributed by atoms with Crippen LogP contribution in [0.5, 0.6) is 5.75 Å². The van der Waals surface area contributed by atoms with Gasteiger partial charge < -0.3 is 20.1 Å². The zero-order valence-corrected chi connectivity index (χ0v) is 22.0. The van der Waals surface area contributed by atoms with Crippen molar-refractivity contribution in [1.82, 2.24) is 10.2 Å². The number of nitrogens with zero attached hydrogens (tertiary/aromatic N) is 1. The number of ether oxygens (including phenoxy) is 1. The number of hydrogen-bond acceptors (Lipinski definition) is 3. The highest BCUT2D eigenvalue weighted by atomic mass is 35.5. The summed E-state index contributed by atoms with van der Waals surface area (Å²) in [5.41, 5.74) is 1.57. The third-order valence-electron chi connectivity index (χ3n) is 5.88. The molecule has 0 aliphatic heterocycles. The first-order chi connectivity index (χ1) is 17.9. The zero-order valence-electron chi connectivity index (χ0n) is 20.5. The van der Waals surface area contributed by atoms with Crippen molar-refractivity contribution in [3.63, 3.8) is 0 Å².